The first-order valence-corrected chi connectivity index (χ1v) is 10.2. The molecule has 33 heavy (non-hydrogen) atoms. The van der Waals surface area contributed by atoms with Gasteiger partial charge in [0.1, 0.15) is 36.9 Å². The van der Waals surface area contributed by atoms with Crippen molar-refractivity contribution >= 4 is 17.4 Å². The molecule has 0 fully saturated rings. The zero-order valence-corrected chi connectivity index (χ0v) is 17.7. The van der Waals surface area contributed by atoms with E-state index in [2.05, 4.69) is 25.6 Å². The largest absolute Gasteiger partial charge is 0.486 e. The van der Waals surface area contributed by atoms with Crippen molar-refractivity contribution < 1.29 is 19.0 Å². The molecule has 3 heterocycles. The van der Waals surface area contributed by atoms with E-state index in [0.29, 0.717) is 53.5 Å². The van der Waals surface area contributed by atoms with Crippen LogP contribution in [0.15, 0.2) is 67.3 Å². The molecule has 0 radical (unpaired) electrons. The van der Waals surface area contributed by atoms with Gasteiger partial charge in [-0.2, -0.15) is 0 Å². The molecule has 2 aromatic heterocycles. The maximum absolute atomic E-state index is 12.4. The quantitative estimate of drug-likeness (QED) is 0.475. The maximum Gasteiger partial charge on any atom is 0.323 e. The van der Waals surface area contributed by atoms with Crippen LogP contribution in [0, 0.1) is 6.92 Å². The number of carbonyl (C=O) groups is 1. The van der Waals surface area contributed by atoms with Crippen molar-refractivity contribution in [2.75, 3.05) is 23.8 Å². The number of anilines is 2. The van der Waals surface area contributed by atoms with Crippen molar-refractivity contribution in [3.8, 4) is 28.9 Å². The summed E-state index contributed by atoms with van der Waals surface area (Å²) in [7, 11) is 0. The number of fused-ring (bicyclic) bond motifs is 1. The van der Waals surface area contributed by atoms with Crippen LogP contribution in [0.1, 0.15) is 5.82 Å². The lowest BCUT2D eigenvalue weighted by Crippen LogP contribution is -2.20. The smallest absolute Gasteiger partial charge is 0.323 e. The molecular formula is C23H20N6O4. The third-order valence-electron chi connectivity index (χ3n) is 4.83. The predicted octanol–water partition coefficient (Wildman–Crippen LogP) is 4.18. The molecule has 166 valence electrons. The van der Waals surface area contributed by atoms with Gasteiger partial charge in [0.15, 0.2) is 11.5 Å². The molecule has 1 aliphatic heterocycles. The fourth-order valence-electron chi connectivity index (χ4n) is 3.28. The number of urea groups is 1. The van der Waals surface area contributed by atoms with Gasteiger partial charge in [-0.3, -0.25) is 4.57 Å². The second-order valence-corrected chi connectivity index (χ2v) is 7.12. The van der Waals surface area contributed by atoms with E-state index in [1.165, 1.54) is 6.33 Å². The first kappa shape index (κ1) is 20.3. The number of aryl methyl sites for hydroxylation is 1. The molecule has 0 saturated heterocycles. The van der Waals surface area contributed by atoms with Crippen LogP contribution in [0.4, 0.5) is 16.2 Å². The van der Waals surface area contributed by atoms with Gasteiger partial charge >= 0.3 is 6.03 Å². The Labute approximate surface area is 189 Å². The lowest BCUT2D eigenvalue weighted by molar-refractivity contribution is 0.171. The number of imidazole rings is 1. The average molecular weight is 444 g/mol. The standard InChI is InChI=1S/C23H20N6O4/c1-15-24-8-9-29(15)21-13-22(26-14-25-21)33-18-5-2-16(3-6-18)27-23(30)28-17-4-7-19-20(12-17)32-11-10-31-19/h2-9,12-14H,10-11H2,1H3,(H2,27,28,30). The van der Waals surface area contributed by atoms with E-state index < -0.39 is 0 Å². The van der Waals surface area contributed by atoms with E-state index >= 15 is 0 Å². The Hall–Kier alpha value is -4.60. The van der Waals surface area contributed by atoms with Gasteiger partial charge in [-0.1, -0.05) is 0 Å². The van der Waals surface area contributed by atoms with Gasteiger partial charge in [0, 0.05) is 35.9 Å². The highest BCUT2D eigenvalue weighted by Gasteiger charge is 2.13. The fourth-order valence-corrected chi connectivity index (χ4v) is 3.28. The number of nitrogens with one attached hydrogen (secondary N) is 2. The highest BCUT2D eigenvalue weighted by atomic mass is 16.6. The molecule has 1 aliphatic rings. The number of rotatable bonds is 5. The second kappa shape index (κ2) is 8.87. The van der Waals surface area contributed by atoms with Crippen LogP contribution in [0.3, 0.4) is 0 Å². The highest BCUT2D eigenvalue weighted by molar-refractivity contribution is 5.99. The van der Waals surface area contributed by atoms with Crippen LogP contribution >= 0.6 is 0 Å². The average Bonchev–Trinajstić information content (AvgIpc) is 3.26. The Balaban J connectivity index is 1.20. The molecule has 2 aromatic carbocycles. The zero-order valence-electron chi connectivity index (χ0n) is 17.7. The van der Waals surface area contributed by atoms with Gasteiger partial charge in [-0.05, 0) is 43.3 Å². The molecule has 0 saturated carbocycles. The second-order valence-electron chi connectivity index (χ2n) is 7.12. The van der Waals surface area contributed by atoms with Gasteiger partial charge < -0.3 is 24.8 Å². The minimum atomic E-state index is -0.378. The number of aromatic nitrogens is 4. The first-order chi connectivity index (χ1) is 16.1. The van der Waals surface area contributed by atoms with Crippen LogP contribution in [0.25, 0.3) is 5.82 Å². The summed E-state index contributed by atoms with van der Waals surface area (Å²) in [5.74, 6) is 3.70. The van der Waals surface area contributed by atoms with E-state index in [1.54, 1.807) is 54.7 Å². The number of ether oxygens (including phenoxy) is 3. The normalized spacial score (nSPS) is 12.2. The summed E-state index contributed by atoms with van der Waals surface area (Å²) >= 11 is 0. The van der Waals surface area contributed by atoms with Crippen LogP contribution in [0.5, 0.6) is 23.1 Å². The molecule has 10 heteroatoms. The summed E-state index contributed by atoms with van der Waals surface area (Å²) in [6.07, 6.45) is 4.95. The molecule has 0 aliphatic carbocycles. The number of benzene rings is 2. The fraction of sp³-hybridized carbons (Fsp3) is 0.130. The lowest BCUT2D eigenvalue weighted by atomic mass is 10.2. The Morgan fingerprint density at radius 3 is 2.48 bits per heavy atom. The monoisotopic (exact) mass is 444 g/mol. The van der Waals surface area contributed by atoms with Crippen LogP contribution in [0.2, 0.25) is 0 Å². The third-order valence-corrected chi connectivity index (χ3v) is 4.83. The molecule has 0 atom stereocenters. The Morgan fingerprint density at radius 2 is 1.70 bits per heavy atom. The summed E-state index contributed by atoms with van der Waals surface area (Å²) in [6.45, 7) is 2.89. The summed E-state index contributed by atoms with van der Waals surface area (Å²) in [6, 6.07) is 13.5. The summed E-state index contributed by atoms with van der Waals surface area (Å²) in [5.41, 5.74) is 1.21. The topological polar surface area (TPSA) is 112 Å². The Morgan fingerprint density at radius 1 is 0.939 bits per heavy atom. The van der Waals surface area contributed by atoms with Crippen LogP contribution in [-0.2, 0) is 0 Å². The molecular weight excluding hydrogens is 424 g/mol. The number of hydrogen-bond acceptors (Lipinski definition) is 7. The number of carbonyl (C=O) groups excluding carboxylic acids is 1. The van der Waals surface area contributed by atoms with Crippen molar-refractivity contribution in [3.05, 3.63) is 73.1 Å². The van der Waals surface area contributed by atoms with E-state index in [0.717, 1.165) is 5.82 Å². The zero-order chi connectivity index (χ0) is 22.6. The van der Waals surface area contributed by atoms with Crippen LogP contribution < -0.4 is 24.8 Å². The molecule has 0 spiro atoms. The molecule has 0 bridgehead atoms. The number of nitrogens with zero attached hydrogens (tertiary/aromatic N) is 4. The molecule has 2 N–H and O–H groups in total. The van der Waals surface area contributed by atoms with Crippen molar-refractivity contribution in [3.63, 3.8) is 0 Å². The van der Waals surface area contributed by atoms with Gasteiger partial charge in [0.25, 0.3) is 0 Å². The molecule has 2 amide bonds. The van der Waals surface area contributed by atoms with E-state index in [4.69, 9.17) is 14.2 Å². The van der Waals surface area contributed by atoms with E-state index in [-0.39, 0.29) is 6.03 Å². The number of hydrogen-bond donors (Lipinski definition) is 2. The summed E-state index contributed by atoms with van der Waals surface area (Å²) in [5, 5.41) is 5.56. The highest BCUT2D eigenvalue weighted by Crippen LogP contribution is 2.32. The van der Waals surface area contributed by atoms with Crippen molar-refractivity contribution in [1.29, 1.82) is 0 Å². The number of amides is 2. The van der Waals surface area contributed by atoms with Crippen molar-refractivity contribution in [2.24, 2.45) is 0 Å². The van der Waals surface area contributed by atoms with Gasteiger partial charge in [0.2, 0.25) is 5.88 Å². The minimum Gasteiger partial charge on any atom is -0.486 e. The minimum absolute atomic E-state index is 0.378. The van der Waals surface area contributed by atoms with Crippen molar-refractivity contribution in [2.45, 2.75) is 6.92 Å². The Bertz CT molecular complexity index is 1290. The van der Waals surface area contributed by atoms with Gasteiger partial charge in [-0.15, -0.1) is 0 Å². The van der Waals surface area contributed by atoms with E-state index in [9.17, 15) is 4.79 Å². The first-order valence-electron chi connectivity index (χ1n) is 10.2. The molecule has 4 aromatic rings. The SMILES string of the molecule is Cc1nccn1-c1cc(Oc2ccc(NC(=O)Nc3ccc4c(c3)OCCO4)cc2)ncn1. The summed E-state index contributed by atoms with van der Waals surface area (Å²) in [4.78, 5) is 25.0. The molecule has 5 rings (SSSR count). The maximum atomic E-state index is 12.4. The molecule has 0 unspecified atom stereocenters. The van der Waals surface area contributed by atoms with Crippen LogP contribution in [-0.4, -0.2) is 38.8 Å². The Kier molecular flexibility index (Phi) is 5.46. The predicted molar refractivity (Wildman–Crippen MR) is 120 cm³/mol. The third kappa shape index (κ3) is 4.69. The lowest BCUT2D eigenvalue weighted by Gasteiger charge is -2.19. The van der Waals surface area contributed by atoms with Crippen molar-refractivity contribution in [1.82, 2.24) is 19.5 Å². The molecule has 10 nitrogen and oxygen atoms in total. The van der Waals surface area contributed by atoms with Gasteiger partial charge in [0.05, 0.1) is 0 Å². The van der Waals surface area contributed by atoms with Gasteiger partial charge in [-0.25, -0.2) is 19.7 Å². The van der Waals surface area contributed by atoms with E-state index in [1.807, 2.05) is 17.7 Å². The summed E-state index contributed by atoms with van der Waals surface area (Å²) < 4.78 is 18.7.